The van der Waals surface area contributed by atoms with Gasteiger partial charge in [-0.25, -0.2) is 0 Å². The Labute approximate surface area is 83.6 Å². The van der Waals surface area contributed by atoms with Gasteiger partial charge in [0, 0.05) is 0 Å². The fraction of sp³-hybridized carbons (Fsp3) is 0.800. The van der Waals surface area contributed by atoms with Gasteiger partial charge in [-0.05, 0) is 51.9 Å². The molecule has 64 valence electrons. The van der Waals surface area contributed by atoms with Gasteiger partial charge in [-0.3, -0.25) is 0 Å². The van der Waals surface area contributed by atoms with Gasteiger partial charge in [0.25, 0.3) is 0 Å². The van der Waals surface area contributed by atoms with Gasteiger partial charge < -0.3 is 0 Å². The van der Waals surface area contributed by atoms with E-state index in [1.54, 1.807) is 3.58 Å². The van der Waals surface area contributed by atoms with Crippen LogP contribution >= 0.6 is 22.6 Å². The second-order valence-corrected chi connectivity index (χ2v) is 4.70. The minimum atomic E-state index is 1.32. The molecule has 0 heterocycles. The lowest BCUT2D eigenvalue weighted by Crippen LogP contribution is -1.84. The van der Waals surface area contributed by atoms with E-state index in [2.05, 4.69) is 28.7 Å². The van der Waals surface area contributed by atoms with Crippen LogP contribution in [0.2, 0.25) is 0 Å². The van der Waals surface area contributed by atoms with Crippen LogP contribution in [0.1, 0.15) is 51.4 Å². The predicted octanol–water partition coefficient (Wildman–Crippen LogP) is 4.44. The van der Waals surface area contributed by atoms with Crippen LogP contribution in [0.25, 0.3) is 0 Å². The molecule has 0 spiro atoms. The van der Waals surface area contributed by atoms with E-state index in [4.69, 9.17) is 0 Å². The molecular formula is C10H17I. The monoisotopic (exact) mass is 264 g/mol. The van der Waals surface area contributed by atoms with Gasteiger partial charge in [0.05, 0.1) is 0 Å². The molecule has 0 nitrogen and oxygen atoms in total. The summed E-state index contributed by atoms with van der Waals surface area (Å²) < 4.78 is 1.59. The molecule has 1 aliphatic rings. The Morgan fingerprint density at radius 2 is 1.55 bits per heavy atom. The predicted molar refractivity (Wildman–Crippen MR) is 59.0 cm³/mol. The Balaban J connectivity index is 2.27. The summed E-state index contributed by atoms with van der Waals surface area (Å²) in [5.41, 5.74) is 0. The van der Waals surface area contributed by atoms with Crippen molar-refractivity contribution in [1.82, 2.24) is 0 Å². The summed E-state index contributed by atoms with van der Waals surface area (Å²) in [6, 6.07) is 0. The third-order valence-electron chi connectivity index (χ3n) is 2.24. The van der Waals surface area contributed by atoms with Crippen LogP contribution in [0.5, 0.6) is 0 Å². The molecule has 0 N–H and O–H groups in total. The first-order chi connectivity index (χ1) is 5.39. The van der Waals surface area contributed by atoms with E-state index in [1.165, 1.54) is 51.4 Å². The van der Waals surface area contributed by atoms with Crippen molar-refractivity contribution in [1.29, 1.82) is 0 Å². The van der Waals surface area contributed by atoms with E-state index >= 15 is 0 Å². The SMILES string of the molecule is IC1=CCCCCCCCC1. The van der Waals surface area contributed by atoms with Crippen LogP contribution in [0.3, 0.4) is 0 Å². The Bertz CT molecular complexity index is 127. The van der Waals surface area contributed by atoms with E-state index in [1.807, 2.05) is 0 Å². The van der Waals surface area contributed by atoms with Crippen molar-refractivity contribution in [2.45, 2.75) is 51.4 Å². The highest BCUT2D eigenvalue weighted by molar-refractivity contribution is 14.1. The Morgan fingerprint density at radius 1 is 0.909 bits per heavy atom. The lowest BCUT2D eigenvalue weighted by Gasteiger charge is -2.04. The quantitative estimate of drug-likeness (QED) is 0.567. The molecule has 0 saturated carbocycles. The molecule has 0 unspecified atom stereocenters. The molecular weight excluding hydrogens is 247 g/mol. The number of halogens is 1. The normalized spacial score (nSPS) is 22.5. The average molecular weight is 264 g/mol. The first kappa shape index (κ1) is 9.56. The fourth-order valence-electron chi connectivity index (χ4n) is 1.51. The highest BCUT2D eigenvalue weighted by Crippen LogP contribution is 2.20. The first-order valence-corrected chi connectivity index (χ1v) is 5.82. The molecule has 0 atom stereocenters. The third-order valence-corrected chi connectivity index (χ3v) is 3.22. The summed E-state index contributed by atoms with van der Waals surface area (Å²) in [6.07, 6.45) is 13.7. The lowest BCUT2D eigenvalue weighted by molar-refractivity contribution is 0.591. The minimum Gasteiger partial charge on any atom is -0.0752 e. The molecule has 0 bridgehead atoms. The molecule has 0 fully saturated rings. The molecule has 0 aromatic rings. The van der Waals surface area contributed by atoms with E-state index in [9.17, 15) is 0 Å². The second-order valence-electron chi connectivity index (χ2n) is 3.31. The number of hydrogen-bond acceptors (Lipinski definition) is 0. The maximum absolute atomic E-state index is 2.49. The van der Waals surface area contributed by atoms with Gasteiger partial charge in [-0.2, -0.15) is 0 Å². The standard InChI is InChI=1S/C10H17I/c11-10-8-6-4-2-1-3-5-7-9-10/h8H,1-7,9H2. The van der Waals surface area contributed by atoms with Crippen molar-refractivity contribution >= 4 is 22.6 Å². The Morgan fingerprint density at radius 3 is 2.36 bits per heavy atom. The van der Waals surface area contributed by atoms with E-state index in [-0.39, 0.29) is 0 Å². The Kier molecular flexibility index (Phi) is 5.25. The highest BCUT2D eigenvalue weighted by atomic mass is 127. The van der Waals surface area contributed by atoms with E-state index in [0.29, 0.717) is 0 Å². The lowest BCUT2D eigenvalue weighted by atomic mass is 10.1. The zero-order valence-electron chi connectivity index (χ0n) is 7.11. The molecule has 0 radical (unpaired) electrons. The Hall–Kier alpha value is 0.470. The topological polar surface area (TPSA) is 0 Å². The van der Waals surface area contributed by atoms with Crippen LogP contribution in [0, 0.1) is 0 Å². The molecule has 0 aromatic heterocycles. The summed E-state index contributed by atoms with van der Waals surface area (Å²) in [7, 11) is 0. The average Bonchev–Trinajstić information content (AvgIpc) is 2.03. The second kappa shape index (κ2) is 6.04. The summed E-state index contributed by atoms with van der Waals surface area (Å²) in [5, 5.41) is 0. The highest BCUT2D eigenvalue weighted by Gasteiger charge is 1.96. The van der Waals surface area contributed by atoms with Crippen LogP contribution in [0.15, 0.2) is 9.66 Å². The smallest absolute Gasteiger partial charge is 0.0134 e. The van der Waals surface area contributed by atoms with Crippen LogP contribution < -0.4 is 0 Å². The largest absolute Gasteiger partial charge is 0.0752 e. The molecule has 11 heavy (non-hydrogen) atoms. The van der Waals surface area contributed by atoms with Crippen molar-refractivity contribution < 1.29 is 0 Å². The van der Waals surface area contributed by atoms with Gasteiger partial charge >= 0.3 is 0 Å². The summed E-state index contributed by atoms with van der Waals surface area (Å²) in [4.78, 5) is 0. The van der Waals surface area contributed by atoms with Crippen LogP contribution in [0.4, 0.5) is 0 Å². The number of rotatable bonds is 0. The van der Waals surface area contributed by atoms with Gasteiger partial charge in [-0.1, -0.05) is 31.8 Å². The summed E-state index contributed by atoms with van der Waals surface area (Å²) in [5.74, 6) is 0. The van der Waals surface area contributed by atoms with E-state index in [0.717, 1.165) is 0 Å². The molecule has 0 saturated heterocycles. The molecule has 0 aliphatic heterocycles. The van der Waals surface area contributed by atoms with Gasteiger partial charge in [-0.15, -0.1) is 0 Å². The van der Waals surface area contributed by atoms with Crippen molar-refractivity contribution in [3.05, 3.63) is 9.66 Å². The number of hydrogen-bond donors (Lipinski definition) is 0. The first-order valence-electron chi connectivity index (χ1n) is 4.74. The molecule has 1 rings (SSSR count). The van der Waals surface area contributed by atoms with Crippen molar-refractivity contribution in [2.24, 2.45) is 0 Å². The van der Waals surface area contributed by atoms with Crippen molar-refractivity contribution in [3.63, 3.8) is 0 Å². The number of allylic oxidation sites excluding steroid dienone is 2. The van der Waals surface area contributed by atoms with Crippen LogP contribution in [-0.2, 0) is 0 Å². The summed E-state index contributed by atoms with van der Waals surface area (Å²) in [6.45, 7) is 0. The van der Waals surface area contributed by atoms with Gasteiger partial charge in [0.1, 0.15) is 0 Å². The molecule has 0 amide bonds. The zero-order chi connectivity index (χ0) is 7.94. The summed E-state index contributed by atoms with van der Waals surface area (Å²) >= 11 is 2.49. The molecule has 1 aliphatic carbocycles. The minimum absolute atomic E-state index is 1.32. The molecule has 0 aromatic carbocycles. The zero-order valence-corrected chi connectivity index (χ0v) is 9.27. The van der Waals surface area contributed by atoms with Crippen molar-refractivity contribution in [3.8, 4) is 0 Å². The maximum atomic E-state index is 2.49. The van der Waals surface area contributed by atoms with E-state index < -0.39 is 0 Å². The van der Waals surface area contributed by atoms with Gasteiger partial charge in [0.15, 0.2) is 0 Å². The third kappa shape index (κ3) is 4.83. The van der Waals surface area contributed by atoms with Gasteiger partial charge in [0.2, 0.25) is 0 Å². The molecule has 1 heteroatoms. The fourth-order valence-corrected chi connectivity index (χ4v) is 2.20. The van der Waals surface area contributed by atoms with Crippen LogP contribution in [-0.4, -0.2) is 0 Å². The maximum Gasteiger partial charge on any atom is -0.0134 e. The van der Waals surface area contributed by atoms with Crippen molar-refractivity contribution in [2.75, 3.05) is 0 Å².